The summed E-state index contributed by atoms with van der Waals surface area (Å²) in [6, 6.07) is 11.4. The Balaban J connectivity index is 1.57. The van der Waals surface area contributed by atoms with E-state index in [2.05, 4.69) is 27.9 Å². The van der Waals surface area contributed by atoms with Gasteiger partial charge in [-0.1, -0.05) is 17.7 Å². The fourth-order valence-corrected chi connectivity index (χ4v) is 3.83. The molecule has 1 atom stereocenters. The van der Waals surface area contributed by atoms with Crippen LogP contribution >= 0.6 is 33.9 Å². The SMILES string of the molecule is Cc1ccc(N2C[C@H](CNC(=O)c3ccc(I)s3)OC2=O)cc1. The van der Waals surface area contributed by atoms with Crippen LogP contribution in [-0.4, -0.2) is 31.2 Å². The Morgan fingerprint density at radius 3 is 2.74 bits per heavy atom. The molecule has 120 valence electrons. The average Bonchev–Trinajstić information content (AvgIpc) is 3.12. The number of benzene rings is 1. The van der Waals surface area contributed by atoms with Crippen LogP contribution in [-0.2, 0) is 4.74 Å². The van der Waals surface area contributed by atoms with E-state index in [0.29, 0.717) is 18.0 Å². The van der Waals surface area contributed by atoms with Crippen molar-refractivity contribution in [1.29, 1.82) is 0 Å². The molecule has 1 aliphatic heterocycles. The summed E-state index contributed by atoms with van der Waals surface area (Å²) in [5, 5.41) is 2.82. The van der Waals surface area contributed by atoms with Gasteiger partial charge in [-0.2, -0.15) is 0 Å². The minimum absolute atomic E-state index is 0.136. The van der Waals surface area contributed by atoms with Crippen LogP contribution in [0.4, 0.5) is 10.5 Å². The second kappa shape index (κ2) is 6.88. The Morgan fingerprint density at radius 1 is 1.35 bits per heavy atom. The van der Waals surface area contributed by atoms with Crippen molar-refractivity contribution >= 4 is 51.6 Å². The van der Waals surface area contributed by atoms with E-state index in [0.717, 1.165) is 14.1 Å². The third-order valence-corrected chi connectivity index (χ3v) is 5.40. The molecular weight excluding hydrogens is 427 g/mol. The van der Waals surface area contributed by atoms with Crippen molar-refractivity contribution < 1.29 is 14.3 Å². The summed E-state index contributed by atoms with van der Waals surface area (Å²) in [6.07, 6.45) is -0.717. The van der Waals surface area contributed by atoms with Crippen LogP contribution in [0.3, 0.4) is 0 Å². The van der Waals surface area contributed by atoms with E-state index in [9.17, 15) is 9.59 Å². The van der Waals surface area contributed by atoms with E-state index in [1.165, 1.54) is 11.3 Å². The Hall–Kier alpha value is -1.61. The van der Waals surface area contributed by atoms with Crippen molar-refractivity contribution in [1.82, 2.24) is 5.32 Å². The van der Waals surface area contributed by atoms with Crippen molar-refractivity contribution in [3.05, 3.63) is 49.7 Å². The molecule has 1 fully saturated rings. The number of nitrogens with one attached hydrogen (secondary N) is 1. The average molecular weight is 442 g/mol. The predicted molar refractivity (Wildman–Crippen MR) is 98.2 cm³/mol. The summed E-state index contributed by atoms with van der Waals surface area (Å²) in [5.41, 5.74) is 1.94. The van der Waals surface area contributed by atoms with E-state index >= 15 is 0 Å². The first-order chi connectivity index (χ1) is 11.0. The third kappa shape index (κ3) is 3.84. The molecule has 5 nitrogen and oxygen atoms in total. The first-order valence-corrected chi connectivity index (χ1v) is 9.01. The summed E-state index contributed by atoms with van der Waals surface area (Å²) >= 11 is 3.61. The quantitative estimate of drug-likeness (QED) is 0.739. The highest BCUT2D eigenvalue weighted by atomic mass is 127. The van der Waals surface area contributed by atoms with Gasteiger partial charge in [0.15, 0.2) is 0 Å². The number of ether oxygens (including phenoxy) is 1. The molecule has 1 aliphatic rings. The Bertz CT molecular complexity index is 729. The first kappa shape index (κ1) is 16.3. The Labute approximate surface area is 151 Å². The number of nitrogens with zero attached hydrogens (tertiary/aromatic N) is 1. The number of cyclic esters (lactones) is 1. The zero-order valence-corrected chi connectivity index (χ0v) is 15.4. The molecule has 7 heteroatoms. The van der Waals surface area contributed by atoms with Gasteiger partial charge in [0, 0.05) is 5.69 Å². The first-order valence-electron chi connectivity index (χ1n) is 7.11. The number of hydrogen-bond donors (Lipinski definition) is 1. The molecule has 0 spiro atoms. The van der Waals surface area contributed by atoms with Gasteiger partial charge in [0.25, 0.3) is 5.91 Å². The van der Waals surface area contributed by atoms with Gasteiger partial charge in [-0.25, -0.2) is 4.79 Å². The molecule has 23 heavy (non-hydrogen) atoms. The lowest BCUT2D eigenvalue weighted by atomic mass is 10.2. The smallest absolute Gasteiger partial charge is 0.414 e. The van der Waals surface area contributed by atoms with Crippen molar-refractivity contribution in [2.24, 2.45) is 0 Å². The number of halogens is 1. The topological polar surface area (TPSA) is 58.6 Å². The monoisotopic (exact) mass is 442 g/mol. The maximum atomic E-state index is 12.0. The molecule has 0 unspecified atom stereocenters. The lowest BCUT2D eigenvalue weighted by Crippen LogP contribution is -2.34. The van der Waals surface area contributed by atoms with Gasteiger partial charge in [-0.3, -0.25) is 9.69 Å². The number of carbonyl (C=O) groups excluding carboxylic acids is 2. The predicted octanol–water partition coefficient (Wildman–Crippen LogP) is 3.42. The van der Waals surface area contributed by atoms with Crippen LogP contribution in [0, 0.1) is 9.81 Å². The van der Waals surface area contributed by atoms with Gasteiger partial charge in [-0.05, 0) is 53.8 Å². The molecule has 0 bridgehead atoms. The molecule has 0 saturated carbocycles. The number of amides is 2. The molecule has 1 saturated heterocycles. The van der Waals surface area contributed by atoms with Crippen LogP contribution in [0.2, 0.25) is 0 Å². The molecule has 1 aromatic carbocycles. The number of thiophene rings is 1. The lowest BCUT2D eigenvalue weighted by molar-refractivity contribution is 0.0920. The van der Waals surface area contributed by atoms with Crippen LogP contribution < -0.4 is 10.2 Å². The molecule has 0 aliphatic carbocycles. The molecule has 0 radical (unpaired) electrons. The van der Waals surface area contributed by atoms with Crippen LogP contribution in [0.15, 0.2) is 36.4 Å². The maximum absolute atomic E-state index is 12.0. The van der Waals surface area contributed by atoms with Gasteiger partial charge >= 0.3 is 6.09 Å². The fraction of sp³-hybridized carbons (Fsp3) is 0.250. The normalized spacial score (nSPS) is 17.2. The molecule has 1 N–H and O–H groups in total. The molecule has 3 rings (SSSR count). The van der Waals surface area contributed by atoms with Crippen LogP contribution in [0.1, 0.15) is 15.2 Å². The summed E-state index contributed by atoms with van der Waals surface area (Å²) in [6.45, 7) is 2.74. The van der Waals surface area contributed by atoms with Crippen molar-refractivity contribution in [2.75, 3.05) is 18.0 Å². The minimum Gasteiger partial charge on any atom is -0.442 e. The second-order valence-electron chi connectivity index (χ2n) is 5.27. The molecule has 2 heterocycles. The van der Waals surface area contributed by atoms with Crippen molar-refractivity contribution in [3.8, 4) is 0 Å². The molecular formula is C16H15IN2O3S. The Morgan fingerprint density at radius 2 is 2.09 bits per heavy atom. The van der Waals surface area contributed by atoms with Gasteiger partial charge < -0.3 is 10.1 Å². The Kier molecular flexibility index (Phi) is 4.86. The van der Waals surface area contributed by atoms with Crippen molar-refractivity contribution in [3.63, 3.8) is 0 Å². The zero-order valence-electron chi connectivity index (χ0n) is 12.4. The van der Waals surface area contributed by atoms with E-state index in [1.807, 2.05) is 37.3 Å². The van der Waals surface area contributed by atoms with E-state index < -0.39 is 0 Å². The maximum Gasteiger partial charge on any atom is 0.414 e. The number of anilines is 1. The fourth-order valence-electron chi connectivity index (χ4n) is 2.29. The summed E-state index contributed by atoms with van der Waals surface area (Å²) < 4.78 is 6.39. The standard InChI is InChI=1S/C16H15IN2O3S/c1-10-2-4-11(5-3-10)19-9-12(22-16(19)21)8-18-15(20)13-6-7-14(17)23-13/h2-7,12H,8-9H2,1H3,(H,18,20)/t12-/m0/s1. The van der Waals surface area contributed by atoms with Gasteiger partial charge in [0.1, 0.15) is 6.10 Å². The summed E-state index contributed by atoms with van der Waals surface area (Å²) in [5.74, 6) is -0.136. The van der Waals surface area contributed by atoms with Gasteiger partial charge in [0.05, 0.1) is 20.9 Å². The summed E-state index contributed by atoms with van der Waals surface area (Å²) in [7, 11) is 0. The third-order valence-electron chi connectivity index (χ3n) is 3.51. The van der Waals surface area contributed by atoms with Crippen molar-refractivity contribution in [2.45, 2.75) is 13.0 Å². The van der Waals surface area contributed by atoms with Gasteiger partial charge in [0.2, 0.25) is 0 Å². The number of hydrogen-bond acceptors (Lipinski definition) is 4. The molecule has 2 amide bonds. The highest BCUT2D eigenvalue weighted by Crippen LogP contribution is 2.22. The number of aryl methyl sites for hydroxylation is 1. The zero-order chi connectivity index (χ0) is 16.4. The van der Waals surface area contributed by atoms with E-state index in [-0.39, 0.29) is 18.1 Å². The number of carbonyl (C=O) groups is 2. The van der Waals surface area contributed by atoms with Gasteiger partial charge in [-0.15, -0.1) is 11.3 Å². The van der Waals surface area contributed by atoms with Crippen LogP contribution in [0.5, 0.6) is 0 Å². The largest absolute Gasteiger partial charge is 0.442 e. The molecule has 1 aromatic heterocycles. The summed E-state index contributed by atoms with van der Waals surface area (Å²) in [4.78, 5) is 26.3. The highest BCUT2D eigenvalue weighted by Gasteiger charge is 2.32. The second-order valence-corrected chi connectivity index (χ2v) is 8.24. The van der Waals surface area contributed by atoms with E-state index in [4.69, 9.17) is 4.74 Å². The highest BCUT2D eigenvalue weighted by molar-refractivity contribution is 14.1. The van der Waals surface area contributed by atoms with E-state index in [1.54, 1.807) is 11.0 Å². The minimum atomic E-state index is -0.376. The molecule has 2 aromatic rings. The van der Waals surface area contributed by atoms with Crippen LogP contribution in [0.25, 0.3) is 0 Å². The lowest BCUT2D eigenvalue weighted by Gasteiger charge is -2.13. The number of rotatable bonds is 4.